The van der Waals surface area contributed by atoms with Crippen molar-refractivity contribution in [3.63, 3.8) is 0 Å². The molecule has 1 amide bonds. The Morgan fingerprint density at radius 1 is 1.04 bits per heavy atom. The lowest BCUT2D eigenvalue weighted by Crippen LogP contribution is -2.38. The zero-order chi connectivity index (χ0) is 18.5. The number of nitrogens with one attached hydrogen (secondary N) is 2. The lowest BCUT2D eigenvalue weighted by molar-refractivity contribution is 0.0976. The van der Waals surface area contributed by atoms with Gasteiger partial charge in [0, 0.05) is 16.1 Å². The second kappa shape index (κ2) is 8.12. The summed E-state index contributed by atoms with van der Waals surface area (Å²) >= 11 is 11.0. The third-order valence-electron chi connectivity index (χ3n) is 3.55. The lowest BCUT2D eigenvalue weighted by Gasteiger charge is -2.08. The van der Waals surface area contributed by atoms with E-state index in [4.69, 9.17) is 28.2 Å². The van der Waals surface area contributed by atoms with E-state index in [1.54, 1.807) is 12.1 Å². The van der Waals surface area contributed by atoms with Crippen molar-refractivity contribution >= 4 is 34.8 Å². The fourth-order valence-electron chi connectivity index (χ4n) is 2.23. The van der Waals surface area contributed by atoms with Crippen molar-refractivity contribution < 1.29 is 13.6 Å². The van der Waals surface area contributed by atoms with Gasteiger partial charge in [-0.25, -0.2) is 4.39 Å². The number of hydrogen-bond donors (Lipinski definition) is 2. The number of furan rings is 1. The topological polar surface area (TPSA) is 54.3 Å². The van der Waals surface area contributed by atoms with Crippen LogP contribution in [0.15, 0.2) is 65.1 Å². The number of amides is 1. The fourth-order valence-corrected chi connectivity index (χ4v) is 2.52. The number of rotatable bonds is 4. The minimum atomic E-state index is -0.413. The number of carbonyl (C=O) groups excluding carboxylic acids is 1. The Kier molecular flexibility index (Phi) is 5.65. The first kappa shape index (κ1) is 18.1. The second-order valence-electron chi connectivity index (χ2n) is 5.42. The highest BCUT2D eigenvalue weighted by Crippen LogP contribution is 2.23. The zero-order valence-electron chi connectivity index (χ0n) is 13.5. The molecule has 0 aliphatic rings. The predicted molar refractivity (Wildman–Crippen MR) is 102 cm³/mol. The third-order valence-corrected chi connectivity index (χ3v) is 4.05. The third kappa shape index (κ3) is 4.68. The monoisotopic (exact) mass is 388 g/mol. The summed E-state index contributed by atoms with van der Waals surface area (Å²) in [6, 6.07) is 16.2. The van der Waals surface area contributed by atoms with E-state index in [-0.39, 0.29) is 5.11 Å². The minimum absolute atomic E-state index is 0.156. The summed E-state index contributed by atoms with van der Waals surface area (Å²) < 4.78 is 18.6. The van der Waals surface area contributed by atoms with Gasteiger partial charge in [-0.15, -0.1) is 0 Å². The molecular formula is C19H14ClFN2O2S. The molecule has 0 saturated heterocycles. The molecule has 1 heterocycles. The number of halogens is 2. The molecule has 0 aliphatic carbocycles. The van der Waals surface area contributed by atoms with Crippen LogP contribution in [0.5, 0.6) is 0 Å². The van der Waals surface area contributed by atoms with E-state index in [1.807, 2.05) is 24.3 Å². The largest absolute Gasteiger partial charge is 0.459 e. The summed E-state index contributed by atoms with van der Waals surface area (Å²) in [5.74, 6) is 0.549. The number of carbonyl (C=O) groups is 1. The van der Waals surface area contributed by atoms with Crippen molar-refractivity contribution in [3.05, 3.63) is 82.8 Å². The Morgan fingerprint density at radius 2 is 1.73 bits per heavy atom. The highest BCUT2D eigenvalue weighted by atomic mass is 35.5. The smallest absolute Gasteiger partial charge is 0.257 e. The van der Waals surface area contributed by atoms with Crippen molar-refractivity contribution in [2.24, 2.45) is 0 Å². The molecule has 3 aromatic rings. The van der Waals surface area contributed by atoms with Gasteiger partial charge in [-0.3, -0.25) is 10.1 Å². The molecule has 4 nitrogen and oxygen atoms in total. The maximum atomic E-state index is 12.9. The zero-order valence-corrected chi connectivity index (χ0v) is 15.0. The van der Waals surface area contributed by atoms with Gasteiger partial charge >= 0.3 is 0 Å². The van der Waals surface area contributed by atoms with E-state index >= 15 is 0 Å². The molecule has 7 heteroatoms. The van der Waals surface area contributed by atoms with Crippen molar-refractivity contribution in [2.75, 3.05) is 0 Å². The highest BCUT2D eigenvalue weighted by Gasteiger charge is 2.09. The summed E-state index contributed by atoms with van der Waals surface area (Å²) in [7, 11) is 0. The summed E-state index contributed by atoms with van der Waals surface area (Å²) in [6.45, 7) is 0.316. The fraction of sp³-hybridized carbons (Fsp3) is 0.0526. The van der Waals surface area contributed by atoms with Gasteiger partial charge in [0.05, 0.1) is 6.54 Å². The van der Waals surface area contributed by atoms with Crippen LogP contribution in [0.1, 0.15) is 16.1 Å². The summed E-state index contributed by atoms with van der Waals surface area (Å²) in [5, 5.41) is 6.24. The molecule has 0 unspecified atom stereocenters. The van der Waals surface area contributed by atoms with Crippen molar-refractivity contribution in [1.82, 2.24) is 10.6 Å². The predicted octanol–water partition coefficient (Wildman–Crippen LogP) is 4.54. The van der Waals surface area contributed by atoms with Crippen LogP contribution >= 0.6 is 23.8 Å². The standard InChI is InChI=1S/C19H14ClFN2O2S/c20-14-5-1-12(2-6-14)17-10-9-16(25-17)11-22-19(26)23-18(24)13-3-7-15(21)8-4-13/h1-10H,11H2,(H2,22,23,24,26). The van der Waals surface area contributed by atoms with Gasteiger partial charge < -0.3 is 9.73 Å². The molecule has 1 aromatic heterocycles. The maximum absolute atomic E-state index is 12.9. The van der Waals surface area contributed by atoms with E-state index in [2.05, 4.69) is 10.6 Å². The van der Waals surface area contributed by atoms with Crippen molar-refractivity contribution in [3.8, 4) is 11.3 Å². The molecular weight excluding hydrogens is 375 g/mol. The molecule has 0 atom stereocenters. The Labute approximate surface area is 160 Å². The SMILES string of the molecule is O=C(NC(=S)NCc1ccc(-c2ccc(Cl)cc2)o1)c1ccc(F)cc1. The van der Waals surface area contributed by atoms with Gasteiger partial charge in [0.15, 0.2) is 5.11 Å². The molecule has 0 spiro atoms. The normalized spacial score (nSPS) is 10.4. The molecule has 0 bridgehead atoms. The van der Waals surface area contributed by atoms with Crippen LogP contribution in [0.4, 0.5) is 4.39 Å². The van der Waals surface area contributed by atoms with Crippen LogP contribution in [-0.2, 0) is 6.54 Å². The van der Waals surface area contributed by atoms with E-state index in [0.717, 1.165) is 5.56 Å². The summed E-state index contributed by atoms with van der Waals surface area (Å²) in [5.41, 5.74) is 1.23. The van der Waals surface area contributed by atoms with Crippen molar-refractivity contribution in [2.45, 2.75) is 6.54 Å². The first-order chi connectivity index (χ1) is 12.5. The Bertz CT molecular complexity index is 923. The number of benzene rings is 2. The van der Waals surface area contributed by atoms with Crippen LogP contribution in [0.25, 0.3) is 11.3 Å². The van der Waals surface area contributed by atoms with Crippen LogP contribution in [0, 0.1) is 5.82 Å². The molecule has 26 heavy (non-hydrogen) atoms. The maximum Gasteiger partial charge on any atom is 0.257 e. The first-order valence-electron chi connectivity index (χ1n) is 7.70. The molecule has 0 radical (unpaired) electrons. The Hall–Kier alpha value is -2.70. The van der Waals surface area contributed by atoms with E-state index in [0.29, 0.717) is 28.7 Å². The average Bonchev–Trinajstić information content (AvgIpc) is 3.10. The van der Waals surface area contributed by atoms with E-state index < -0.39 is 11.7 Å². The Balaban J connectivity index is 1.54. The molecule has 0 fully saturated rings. The molecule has 3 rings (SSSR count). The van der Waals surface area contributed by atoms with Crippen molar-refractivity contribution in [1.29, 1.82) is 0 Å². The van der Waals surface area contributed by atoms with E-state index in [1.165, 1.54) is 24.3 Å². The second-order valence-corrected chi connectivity index (χ2v) is 6.26. The average molecular weight is 389 g/mol. The summed E-state index contributed by atoms with van der Waals surface area (Å²) in [6.07, 6.45) is 0. The van der Waals surface area contributed by atoms with Crippen LogP contribution in [0.3, 0.4) is 0 Å². The van der Waals surface area contributed by atoms with Gasteiger partial charge in [0.1, 0.15) is 17.3 Å². The first-order valence-corrected chi connectivity index (χ1v) is 8.49. The Morgan fingerprint density at radius 3 is 2.42 bits per heavy atom. The van der Waals surface area contributed by atoms with Gasteiger partial charge in [-0.1, -0.05) is 11.6 Å². The van der Waals surface area contributed by atoms with Gasteiger partial charge in [0.25, 0.3) is 5.91 Å². The van der Waals surface area contributed by atoms with E-state index in [9.17, 15) is 9.18 Å². The number of hydrogen-bond acceptors (Lipinski definition) is 3. The minimum Gasteiger partial charge on any atom is -0.459 e. The van der Waals surface area contributed by atoms with Crippen LogP contribution < -0.4 is 10.6 Å². The summed E-state index contributed by atoms with van der Waals surface area (Å²) in [4.78, 5) is 12.0. The van der Waals surface area contributed by atoms with Crippen LogP contribution in [-0.4, -0.2) is 11.0 Å². The van der Waals surface area contributed by atoms with Gasteiger partial charge in [0.2, 0.25) is 0 Å². The quantitative estimate of drug-likeness (QED) is 0.644. The molecule has 0 saturated carbocycles. The lowest BCUT2D eigenvalue weighted by atomic mass is 10.2. The molecule has 0 aliphatic heterocycles. The molecule has 2 aromatic carbocycles. The molecule has 132 valence electrons. The van der Waals surface area contributed by atoms with Gasteiger partial charge in [-0.05, 0) is 72.9 Å². The molecule has 2 N–H and O–H groups in total. The highest BCUT2D eigenvalue weighted by molar-refractivity contribution is 7.80. The number of thiocarbonyl (C=S) groups is 1. The van der Waals surface area contributed by atoms with Gasteiger partial charge in [-0.2, -0.15) is 0 Å². The van der Waals surface area contributed by atoms with Crippen LogP contribution in [0.2, 0.25) is 5.02 Å².